The molecule has 1 rings (SSSR count). The van der Waals surface area contributed by atoms with Crippen molar-refractivity contribution < 1.29 is 4.79 Å². The van der Waals surface area contributed by atoms with Crippen molar-refractivity contribution in [2.24, 2.45) is 5.92 Å². The first-order valence-corrected chi connectivity index (χ1v) is 7.17. The molecule has 1 amide bonds. The van der Waals surface area contributed by atoms with Gasteiger partial charge in [0, 0.05) is 24.5 Å². The molecule has 1 aromatic heterocycles. The standard InChI is InChI=1S/C12H22N4OS/c1-5-6-10-15-12(18-16-10)14-9(4)11(17)13-7-8(2)3/h8-9H,5-7H2,1-4H3,(H,13,17)(H,14,15,16). The lowest BCUT2D eigenvalue weighted by Gasteiger charge is -2.14. The molecule has 1 atom stereocenters. The Morgan fingerprint density at radius 1 is 1.39 bits per heavy atom. The number of hydrogen-bond acceptors (Lipinski definition) is 5. The summed E-state index contributed by atoms with van der Waals surface area (Å²) >= 11 is 1.31. The molecule has 5 nitrogen and oxygen atoms in total. The predicted octanol–water partition coefficient (Wildman–Crippen LogP) is 2.06. The Bertz CT molecular complexity index is 378. The van der Waals surface area contributed by atoms with Crippen molar-refractivity contribution in [2.45, 2.75) is 46.6 Å². The van der Waals surface area contributed by atoms with E-state index in [4.69, 9.17) is 0 Å². The molecule has 2 N–H and O–H groups in total. The van der Waals surface area contributed by atoms with Crippen LogP contribution in [0.15, 0.2) is 0 Å². The highest BCUT2D eigenvalue weighted by Gasteiger charge is 2.14. The zero-order valence-corrected chi connectivity index (χ0v) is 12.3. The maximum absolute atomic E-state index is 11.8. The minimum absolute atomic E-state index is 0.00376. The molecule has 0 aliphatic rings. The normalized spacial score (nSPS) is 12.5. The molecular weight excluding hydrogens is 248 g/mol. The quantitative estimate of drug-likeness (QED) is 0.796. The summed E-state index contributed by atoms with van der Waals surface area (Å²) in [6.45, 7) is 8.76. The third-order valence-electron chi connectivity index (χ3n) is 2.36. The first-order chi connectivity index (χ1) is 8.52. The predicted molar refractivity (Wildman–Crippen MR) is 74.8 cm³/mol. The summed E-state index contributed by atoms with van der Waals surface area (Å²) < 4.78 is 4.23. The van der Waals surface area contributed by atoms with E-state index >= 15 is 0 Å². The molecule has 6 heteroatoms. The van der Waals surface area contributed by atoms with E-state index in [1.54, 1.807) is 0 Å². The molecule has 102 valence electrons. The fourth-order valence-corrected chi connectivity index (χ4v) is 2.05. The van der Waals surface area contributed by atoms with Crippen LogP contribution >= 0.6 is 11.5 Å². The molecule has 0 saturated heterocycles. The molecule has 0 aromatic carbocycles. The largest absolute Gasteiger partial charge is 0.354 e. The molecule has 0 saturated carbocycles. The Hall–Kier alpha value is -1.17. The number of nitrogens with one attached hydrogen (secondary N) is 2. The van der Waals surface area contributed by atoms with Crippen LogP contribution < -0.4 is 10.6 Å². The summed E-state index contributed by atoms with van der Waals surface area (Å²) in [4.78, 5) is 16.1. The zero-order chi connectivity index (χ0) is 13.5. The van der Waals surface area contributed by atoms with Crippen molar-refractivity contribution in [3.63, 3.8) is 0 Å². The van der Waals surface area contributed by atoms with Crippen molar-refractivity contribution in [1.29, 1.82) is 0 Å². The first kappa shape index (κ1) is 14.9. The van der Waals surface area contributed by atoms with Crippen molar-refractivity contribution in [3.05, 3.63) is 5.82 Å². The van der Waals surface area contributed by atoms with E-state index in [0.717, 1.165) is 18.7 Å². The van der Waals surface area contributed by atoms with Crippen molar-refractivity contribution in [1.82, 2.24) is 14.7 Å². The van der Waals surface area contributed by atoms with E-state index in [-0.39, 0.29) is 11.9 Å². The maximum atomic E-state index is 11.8. The van der Waals surface area contributed by atoms with Gasteiger partial charge in [0.05, 0.1) is 0 Å². The van der Waals surface area contributed by atoms with Gasteiger partial charge in [-0.05, 0) is 19.3 Å². The van der Waals surface area contributed by atoms with Crippen LogP contribution in [0, 0.1) is 5.92 Å². The number of carbonyl (C=O) groups excluding carboxylic acids is 1. The van der Waals surface area contributed by atoms with Gasteiger partial charge in [-0.3, -0.25) is 4.79 Å². The highest BCUT2D eigenvalue weighted by Crippen LogP contribution is 2.13. The average molecular weight is 270 g/mol. The highest BCUT2D eigenvalue weighted by atomic mass is 32.1. The Balaban J connectivity index is 2.42. The smallest absolute Gasteiger partial charge is 0.242 e. The number of nitrogens with zero attached hydrogens (tertiary/aromatic N) is 2. The van der Waals surface area contributed by atoms with Crippen LogP contribution in [0.1, 0.15) is 39.9 Å². The zero-order valence-electron chi connectivity index (χ0n) is 11.5. The van der Waals surface area contributed by atoms with Gasteiger partial charge in [-0.15, -0.1) is 0 Å². The van der Waals surface area contributed by atoms with E-state index in [0.29, 0.717) is 17.6 Å². The molecule has 0 spiro atoms. The second-order valence-electron chi connectivity index (χ2n) is 4.77. The third kappa shape index (κ3) is 5.00. The van der Waals surface area contributed by atoms with E-state index in [2.05, 4.69) is 40.8 Å². The first-order valence-electron chi connectivity index (χ1n) is 6.39. The molecule has 1 unspecified atom stereocenters. The van der Waals surface area contributed by atoms with Gasteiger partial charge in [0.2, 0.25) is 11.0 Å². The van der Waals surface area contributed by atoms with Gasteiger partial charge in [-0.25, -0.2) is 4.98 Å². The van der Waals surface area contributed by atoms with E-state index in [9.17, 15) is 4.79 Å². The molecule has 1 aromatic rings. The van der Waals surface area contributed by atoms with Gasteiger partial charge in [0.15, 0.2) is 0 Å². The summed E-state index contributed by atoms with van der Waals surface area (Å²) in [6.07, 6.45) is 1.91. The second kappa shape index (κ2) is 7.31. The van der Waals surface area contributed by atoms with Crippen LogP contribution in [0.4, 0.5) is 5.13 Å². The highest BCUT2D eigenvalue weighted by molar-refractivity contribution is 7.09. The monoisotopic (exact) mass is 270 g/mol. The fraction of sp³-hybridized carbons (Fsp3) is 0.750. The number of aromatic nitrogens is 2. The van der Waals surface area contributed by atoms with Crippen LogP contribution in [-0.4, -0.2) is 27.9 Å². The fourth-order valence-electron chi connectivity index (χ4n) is 1.35. The molecular formula is C12H22N4OS. The molecule has 0 bridgehead atoms. The van der Waals surface area contributed by atoms with E-state index in [1.165, 1.54) is 11.5 Å². The number of carbonyl (C=O) groups is 1. The molecule has 18 heavy (non-hydrogen) atoms. The Labute approximate surface area is 113 Å². The van der Waals surface area contributed by atoms with Gasteiger partial charge < -0.3 is 10.6 Å². The maximum Gasteiger partial charge on any atom is 0.242 e. The summed E-state index contributed by atoms with van der Waals surface area (Å²) in [7, 11) is 0. The Kier molecular flexibility index (Phi) is 6.04. The van der Waals surface area contributed by atoms with Gasteiger partial charge in [0.1, 0.15) is 11.9 Å². The number of hydrogen-bond donors (Lipinski definition) is 2. The van der Waals surface area contributed by atoms with Gasteiger partial charge in [0.25, 0.3) is 0 Å². The van der Waals surface area contributed by atoms with Crippen LogP contribution in [0.25, 0.3) is 0 Å². The van der Waals surface area contributed by atoms with Crippen molar-refractivity contribution in [2.75, 3.05) is 11.9 Å². The van der Waals surface area contributed by atoms with Gasteiger partial charge >= 0.3 is 0 Å². The number of rotatable bonds is 7. The SMILES string of the molecule is CCCc1nsc(NC(C)C(=O)NCC(C)C)n1. The summed E-state index contributed by atoms with van der Waals surface area (Å²) in [5, 5.41) is 6.68. The Morgan fingerprint density at radius 2 is 2.11 bits per heavy atom. The van der Waals surface area contributed by atoms with E-state index < -0.39 is 0 Å². The Morgan fingerprint density at radius 3 is 2.72 bits per heavy atom. The average Bonchev–Trinajstić information content (AvgIpc) is 2.73. The van der Waals surface area contributed by atoms with Crippen molar-refractivity contribution in [3.8, 4) is 0 Å². The molecule has 1 heterocycles. The number of amides is 1. The summed E-state index contributed by atoms with van der Waals surface area (Å²) in [5.74, 6) is 1.30. The lowest BCUT2D eigenvalue weighted by molar-refractivity contribution is -0.121. The van der Waals surface area contributed by atoms with Gasteiger partial charge in [-0.1, -0.05) is 20.8 Å². The van der Waals surface area contributed by atoms with Crippen LogP contribution in [0.5, 0.6) is 0 Å². The molecule has 0 aliphatic heterocycles. The topological polar surface area (TPSA) is 66.9 Å². The lowest BCUT2D eigenvalue weighted by Crippen LogP contribution is -2.39. The molecule has 0 aliphatic carbocycles. The molecule has 0 radical (unpaired) electrons. The van der Waals surface area contributed by atoms with Gasteiger partial charge in [-0.2, -0.15) is 4.37 Å². The summed E-state index contributed by atoms with van der Waals surface area (Å²) in [5.41, 5.74) is 0. The summed E-state index contributed by atoms with van der Waals surface area (Å²) in [6, 6.07) is -0.286. The third-order valence-corrected chi connectivity index (χ3v) is 3.04. The van der Waals surface area contributed by atoms with Crippen LogP contribution in [-0.2, 0) is 11.2 Å². The minimum Gasteiger partial charge on any atom is -0.354 e. The lowest BCUT2D eigenvalue weighted by atomic mass is 10.2. The van der Waals surface area contributed by atoms with Crippen LogP contribution in [0.2, 0.25) is 0 Å². The second-order valence-corrected chi connectivity index (χ2v) is 5.52. The number of anilines is 1. The number of aryl methyl sites for hydroxylation is 1. The minimum atomic E-state index is -0.286. The van der Waals surface area contributed by atoms with Crippen LogP contribution in [0.3, 0.4) is 0 Å². The van der Waals surface area contributed by atoms with E-state index in [1.807, 2.05) is 6.92 Å². The molecule has 0 fully saturated rings. The van der Waals surface area contributed by atoms with Crippen molar-refractivity contribution >= 4 is 22.6 Å².